The molecule has 0 aliphatic rings. The molecule has 0 atom stereocenters. The Balaban J connectivity index is 2.06. The van der Waals surface area contributed by atoms with Crippen LogP contribution in [-0.2, 0) is 13.1 Å². The number of anilines is 1. The quantitative estimate of drug-likeness (QED) is 0.825. The van der Waals surface area contributed by atoms with Crippen molar-refractivity contribution in [3.05, 3.63) is 40.3 Å². The number of thiazole rings is 1. The van der Waals surface area contributed by atoms with Crippen molar-refractivity contribution in [3.8, 4) is 5.75 Å². The molecule has 0 bridgehead atoms. The largest absolute Gasteiger partial charge is 0.494 e. The minimum absolute atomic E-state index is 0.659. The molecule has 0 radical (unpaired) electrons. The number of rotatable bonds is 6. The number of benzene rings is 1. The molecule has 0 unspecified atom stereocenters. The zero-order valence-corrected chi connectivity index (χ0v) is 12.1. The van der Waals surface area contributed by atoms with Crippen LogP contribution in [0.5, 0.6) is 5.75 Å². The first-order valence-electron chi connectivity index (χ1n) is 6.26. The van der Waals surface area contributed by atoms with Crippen molar-refractivity contribution < 1.29 is 4.74 Å². The number of nitrogens with two attached hydrogens (primary N) is 1. The zero-order valence-electron chi connectivity index (χ0n) is 11.3. The van der Waals surface area contributed by atoms with E-state index in [1.54, 1.807) is 11.3 Å². The van der Waals surface area contributed by atoms with Gasteiger partial charge in [-0.15, -0.1) is 11.3 Å². The molecule has 1 heterocycles. The predicted octanol–water partition coefficient (Wildman–Crippen LogP) is 2.76. The van der Waals surface area contributed by atoms with Gasteiger partial charge in [0, 0.05) is 29.7 Å². The van der Waals surface area contributed by atoms with Crippen molar-refractivity contribution >= 4 is 17.0 Å². The number of aromatic nitrogens is 1. The van der Waals surface area contributed by atoms with E-state index in [1.807, 2.05) is 30.6 Å². The summed E-state index contributed by atoms with van der Waals surface area (Å²) in [5.74, 6) is 0.904. The first-order valence-corrected chi connectivity index (χ1v) is 7.20. The second kappa shape index (κ2) is 6.54. The highest BCUT2D eigenvalue weighted by Gasteiger charge is 2.08. The van der Waals surface area contributed by atoms with Crippen LogP contribution >= 0.6 is 11.3 Å². The fourth-order valence-corrected chi connectivity index (χ4v) is 2.51. The average molecular weight is 277 g/mol. The van der Waals surface area contributed by atoms with Crippen LogP contribution in [0.2, 0.25) is 0 Å². The summed E-state index contributed by atoms with van der Waals surface area (Å²) in [5.41, 5.74) is 10.7. The molecule has 5 heteroatoms. The van der Waals surface area contributed by atoms with Gasteiger partial charge in [-0.05, 0) is 32.2 Å². The van der Waals surface area contributed by atoms with E-state index in [0.29, 0.717) is 6.61 Å². The second-order valence-corrected chi connectivity index (χ2v) is 5.17. The zero-order chi connectivity index (χ0) is 13.7. The Morgan fingerprint density at radius 3 is 2.89 bits per heavy atom. The highest BCUT2D eigenvalue weighted by atomic mass is 32.1. The summed E-state index contributed by atoms with van der Waals surface area (Å²) in [6, 6.07) is 5.78. The summed E-state index contributed by atoms with van der Waals surface area (Å²) in [5, 5.41) is 2.07. The summed E-state index contributed by atoms with van der Waals surface area (Å²) in [6.07, 6.45) is 0. The van der Waals surface area contributed by atoms with E-state index in [0.717, 1.165) is 35.8 Å². The molecule has 1 aromatic carbocycles. The molecule has 1 aromatic heterocycles. The van der Waals surface area contributed by atoms with E-state index in [-0.39, 0.29) is 0 Å². The van der Waals surface area contributed by atoms with E-state index in [2.05, 4.69) is 22.3 Å². The van der Waals surface area contributed by atoms with Gasteiger partial charge in [0.15, 0.2) is 0 Å². The van der Waals surface area contributed by atoms with Gasteiger partial charge in [-0.2, -0.15) is 0 Å². The molecule has 0 amide bonds. The van der Waals surface area contributed by atoms with Crippen molar-refractivity contribution in [1.82, 2.24) is 9.88 Å². The Hall–Kier alpha value is -1.59. The predicted molar refractivity (Wildman–Crippen MR) is 79.3 cm³/mol. The minimum atomic E-state index is 0.659. The molecule has 2 N–H and O–H groups in total. The normalized spacial score (nSPS) is 10.9. The van der Waals surface area contributed by atoms with Crippen LogP contribution in [0.3, 0.4) is 0 Å². The van der Waals surface area contributed by atoms with Gasteiger partial charge in [-0.25, -0.2) is 4.98 Å². The van der Waals surface area contributed by atoms with Gasteiger partial charge in [-0.3, -0.25) is 4.90 Å². The van der Waals surface area contributed by atoms with Gasteiger partial charge in [0.25, 0.3) is 0 Å². The number of ether oxygens (including phenoxy) is 1. The Labute approximate surface area is 117 Å². The van der Waals surface area contributed by atoms with Crippen molar-refractivity contribution in [3.63, 3.8) is 0 Å². The van der Waals surface area contributed by atoms with E-state index in [9.17, 15) is 0 Å². The lowest BCUT2D eigenvalue weighted by atomic mass is 10.1. The topological polar surface area (TPSA) is 51.4 Å². The van der Waals surface area contributed by atoms with Crippen LogP contribution in [0.15, 0.2) is 29.1 Å². The van der Waals surface area contributed by atoms with Gasteiger partial charge < -0.3 is 10.5 Å². The number of nitrogen functional groups attached to an aromatic ring is 1. The summed E-state index contributed by atoms with van der Waals surface area (Å²) in [7, 11) is 2.07. The molecule has 0 fully saturated rings. The second-order valence-electron chi connectivity index (χ2n) is 4.45. The van der Waals surface area contributed by atoms with Crippen LogP contribution in [0.1, 0.15) is 18.2 Å². The summed E-state index contributed by atoms with van der Waals surface area (Å²) in [4.78, 5) is 6.50. The van der Waals surface area contributed by atoms with Gasteiger partial charge in [0.1, 0.15) is 5.75 Å². The smallest absolute Gasteiger partial charge is 0.123 e. The molecule has 0 spiro atoms. The van der Waals surface area contributed by atoms with Crippen molar-refractivity contribution in [2.24, 2.45) is 0 Å². The van der Waals surface area contributed by atoms with Crippen LogP contribution in [0.4, 0.5) is 5.69 Å². The average Bonchev–Trinajstić information content (AvgIpc) is 2.85. The monoisotopic (exact) mass is 277 g/mol. The van der Waals surface area contributed by atoms with Crippen LogP contribution in [0, 0.1) is 0 Å². The third kappa shape index (κ3) is 3.94. The Morgan fingerprint density at radius 2 is 2.21 bits per heavy atom. The molecular weight excluding hydrogens is 258 g/mol. The first kappa shape index (κ1) is 13.8. The maximum absolute atomic E-state index is 5.85. The lowest BCUT2D eigenvalue weighted by Gasteiger charge is -2.18. The summed E-state index contributed by atoms with van der Waals surface area (Å²) < 4.78 is 5.63. The fourth-order valence-electron chi connectivity index (χ4n) is 1.96. The number of hydrogen-bond acceptors (Lipinski definition) is 5. The van der Waals surface area contributed by atoms with Gasteiger partial charge >= 0.3 is 0 Å². The summed E-state index contributed by atoms with van der Waals surface area (Å²) >= 11 is 1.62. The maximum Gasteiger partial charge on any atom is 0.123 e. The molecule has 19 heavy (non-hydrogen) atoms. The van der Waals surface area contributed by atoms with Gasteiger partial charge in [0.05, 0.1) is 17.8 Å². The Bertz CT molecular complexity index is 513. The third-order valence-electron chi connectivity index (χ3n) is 2.74. The maximum atomic E-state index is 5.85. The SMILES string of the molecule is CCOc1ccc(N)cc1CN(C)Cc1cscn1. The van der Waals surface area contributed by atoms with Gasteiger partial charge in [-0.1, -0.05) is 0 Å². The molecule has 102 valence electrons. The standard InChI is InChI=1S/C14H19N3OS/c1-3-18-14-5-4-12(15)6-11(14)7-17(2)8-13-9-19-10-16-13/h4-6,9-10H,3,7-8,15H2,1-2H3. The van der Waals surface area contributed by atoms with Gasteiger partial charge in [0.2, 0.25) is 0 Å². The molecule has 2 aromatic rings. The van der Waals surface area contributed by atoms with E-state index >= 15 is 0 Å². The van der Waals surface area contributed by atoms with Crippen molar-refractivity contribution in [1.29, 1.82) is 0 Å². The first-order chi connectivity index (χ1) is 9.19. The van der Waals surface area contributed by atoms with Crippen molar-refractivity contribution in [2.45, 2.75) is 20.0 Å². The van der Waals surface area contributed by atoms with E-state index in [4.69, 9.17) is 10.5 Å². The fraction of sp³-hybridized carbons (Fsp3) is 0.357. The highest BCUT2D eigenvalue weighted by Crippen LogP contribution is 2.23. The Morgan fingerprint density at radius 1 is 1.37 bits per heavy atom. The lowest BCUT2D eigenvalue weighted by molar-refractivity contribution is 0.296. The molecule has 0 aliphatic carbocycles. The van der Waals surface area contributed by atoms with Crippen molar-refractivity contribution in [2.75, 3.05) is 19.4 Å². The van der Waals surface area contributed by atoms with E-state index in [1.165, 1.54) is 0 Å². The minimum Gasteiger partial charge on any atom is -0.494 e. The molecule has 0 aliphatic heterocycles. The van der Waals surface area contributed by atoms with Crippen LogP contribution < -0.4 is 10.5 Å². The van der Waals surface area contributed by atoms with E-state index < -0.39 is 0 Å². The molecule has 2 rings (SSSR count). The highest BCUT2D eigenvalue weighted by molar-refractivity contribution is 7.07. The molecule has 4 nitrogen and oxygen atoms in total. The number of hydrogen-bond donors (Lipinski definition) is 1. The lowest BCUT2D eigenvalue weighted by Crippen LogP contribution is -2.18. The number of nitrogens with zero attached hydrogens (tertiary/aromatic N) is 2. The Kier molecular flexibility index (Phi) is 4.76. The van der Waals surface area contributed by atoms with Crippen LogP contribution in [0.25, 0.3) is 0 Å². The molecule has 0 saturated carbocycles. The van der Waals surface area contributed by atoms with Crippen LogP contribution in [-0.4, -0.2) is 23.5 Å². The summed E-state index contributed by atoms with van der Waals surface area (Å²) in [6.45, 7) is 4.26. The third-order valence-corrected chi connectivity index (χ3v) is 3.38. The molecular formula is C14H19N3OS. The molecule has 0 saturated heterocycles.